The number of carbonyl (C=O) groups excluding carboxylic acids is 2. The molecule has 5 heteroatoms. The Kier molecular flexibility index (Phi) is 16.0. The minimum atomic E-state index is -0.517. The smallest absolute Gasteiger partial charge is 0.339 e. The third-order valence-electron chi connectivity index (χ3n) is 5.38. The normalized spacial score (nSPS) is 10.8. The van der Waals surface area contributed by atoms with E-state index in [2.05, 4.69) is 13.8 Å². The summed E-state index contributed by atoms with van der Waals surface area (Å²) in [4.78, 5) is 25.0. The molecule has 0 aromatic heterocycles. The number of benzene rings is 1. The fourth-order valence-electron chi connectivity index (χ4n) is 3.47. The molecule has 1 aromatic carbocycles. The van der Waals surface area contributed by atoms with E-state index in [1.54, 1.807) is 12.1 Å². The van der Waals surface area contributed by atoms with Crippen molar-refractivity contribution in [2.24, 2.45) is 0 Å². The summed E-state index contributed by atoms with van der Waals surface area (Å²) in [6.07, 6.45) is 16.1. The number of carbonyl (C=O) groups is 2. The van der Waals surface area contributed by atoms with E-state index in [-0.39, 0.29) is 11.1 Å². The number of halogens is 1. The van der Waals surface area contributed by atoms with Gasteiger partial charge in [0.05, 0.1) is 24.3 Å². The lowest BCUT2D eigenvalue weighted by atomic mass is 10.1. The molecule has 0 saturated carbocycles. The molecule has 0 radical (unpaired) electrons. The van der Waals surface area contributed by atoms with Crippen LogP contribution in [0.5, 0.6) is 0 Å². The van der Waals surface area contributed by atoms with Gasteiger partial charge in [0.2, 0.25) is 0 Å². The van der Waals surface area contributed by atoms with Crippen LogP contribution in [0.4, 0.5) is 0 Å². The van der Waals surface area contributed by atoms with E-state index in [1.165, 1.54) is 57.4 Å². The van der Waals surface area contributed by atoms with Crippen LogP contribution in [0.25, 0.3) is 0 Å². The van der Waals surface area contributed by atoms with Crippen LogP contribution in [-0.2, 0) is 9.47 Å². The number of hydrogen-bond acceptors (Lipinski definition) is 4. The van der Waals surface area contributed by atoms with Gasteiger partial charge in [0.25, 0.3) is 0 Å². The van der Waals surface area contributed by atoms with Crippen molar-refractivity contribution in [3.05, 3.63) is 34.3 Å². The lowest BCUT2D eigenvalue weighted by Gasteiger charge is -2.10. The van der Waals surface area contributed by atoms with Crippen LogP contribution in [0.15, 0.2) is 18.2 Å². The van der Waals surface area contributed by atoms with Gasteiger partial charge < -0.3 is 9.47 Å². The van der Waals surface area contributed by atoms with Gasteiger partial charge in [-0.1, -0.05) is 102 Å². The maximum absolute atomic E-state index is 12.5. The average molecular weight is 453 g/mol. The summed E-state index contributed by atoms with van der Waals surface area (Å²) in [7, 11) is 0. The van der Waals surface area contributed by atoms with E-state index in [1.807, 2.05) is 0 Å². The molecule has 0 fully saturated rings. The Balaban J connectivity index is 2.38. The highest BCUT2D eigenvalue weighted by Crippen LogP contribution is 2.19. The van der Waals surface area contributed by atoms with E-state index in [0.717, 1.165) is 38.5 Å². The highest BCUT2D eigenvalue weighted by atomic mass is 35.5. The summed E-state index contributed by atoms with van der Waals surface area (Å²) in [5.74, 6) is -1.01. The molecule has 1 rings (SSSR count). The zero-order chi connectivity index (χ0) is 22.7. The maximum atomic E-state index is 12.5. The molecule has 1 aromatic rings. The summed E-state index contributed by atoms with van der Waals surface area (Å²) >= 11 is 6.05. The average Bonchev–Trinajstić information content (AvgIpc) is 2.77. The SMILES string of the molecule is CCCCCCCCCOC(=O)c1ccc(Cl)cc1C(=O)OCCCCCCCCC. The molecule has 0 spiro atoms. The van der Waals surface area contributed by atoms with Gasteiger partial charge in [-0.15, -0.1) is 0 Å². The van der Waals surface area contributed by atoms with Crippen molar-refractivity contribution in [2.45, 2.75) is 104 Å². The second-order valence-corrected chi connectivity index (χ2v) is 8.64. The van der Waals surface area contributed by atoms with Gasteiger partial charge in [-0.05, 0) is 31.0 Å². The second kappa shape index (κ2) is 18.1. The van der Waals surface area contributed by atoms with Gasteiger partial charge in [-0.3, -0.25) is 0 Å². The molecule has 4 nitrogen and oxygen atoms in total. The highest BCUT2D eigenvalue weighted by Gasteiger charge is 2.20. The first-order chi connectivity index (χ1) is 15.1. The molecular weight excluding hydrogens is 412 g/mol. The molecule has 0 atom stereocenters. The van der Waals surface area contributed by atoms with E-state index in [9.17, 15) is 9.59 Å². The minimum Gasteiger partial charge on any atom is -0.462 e. The minimum absolute atomic E-state index is 0.181. The Bertz CT molecular complexity index is 630. The van der Waals surface area contributed by atoms with Crippen molar-refractivity contribution >= 4 is 23.5 Å². The second-order valence-electron chi connectivity index (χ2n) is 8.20. The molecule has 0 N–H and O–H groups in total. The summed E-state index contributed by atoms with van der Waals surface area (Å²) in [5, 5.41) is 0.395. The van der Waals surface area contributed by atoms with Crippen LogP contribution in [-0.4, -0.2) is 25.2 Å². The van der Waals surface area contributed by atoms with Gasteiger partial charge in [0, 0.05) is 5.02 Å². The van der Waals surface area contributed by atoms with Crippen LogP contribution >= 0.6 is 11.6 Å². The molecule has 0 aliphatic heterocycles. The molecule has 31 heavy (non-hydrogen) atoms. The van der Waals surface area contributed by atoms with E-state index in [4.69, 9.17) is 21.1 Å². The van der Waals surface area contributed by atoms with Crippen molar-refractivity contribution in [1.29, 1.82) is 0 Å². The van der Waals surface area contributed by atoms with Crippen molar-refractivity contribution in [3.8, 4) is 0 Å². The van der Waals surface area contributed by atoms with E-state index < -0.39 is 11.9 Å². The zero-order valence-corrected chi connectivity index (χ0v) is 20.3. The number of unbranched alkanes of at least 4 members (excludes halogenated alkanes) is 12. The summed E-state index contributed by atoms with van der Waals surface area (Å²) < 4.78 is 10.8. The Morgan fingerprint density at radius 1 is 0.645 bits per heavy atom. The molecule has 0 amide bonds. The first kappa shape index (κ1) is 27.5. The Labute approximate surface area is 194 Å². The summed E-state index contributed by atoms with van der Waals surface area (Å²) in [6.45, 7) is 5.12. The first-order valence-corrected chi connectivity index (χ1v) is 12.6. The lowest BCUT2D eigenvalue weighted by Crippen LogP contribution is -2.15. The van der Waals surface area contributed by atoms with E-state index >= 15 is 0 Å². The Morgan fingerprint density at radius 2 is 1.06 bits per heavy atom. The number of hydrogen-bond donors (Lipinski definition) is 0. The largest absolute Gasteiger partial charge is 0.462 e. The molecule has 0 saturated heterocycles. The van der Waals surface area contributed by atoms with Crippen molar-refractivity contribution in [3.63, 3.8) is 0 Å². The predicted octanol–water partition coefficient (Wildman–Crippen LogP) is 8.15. The van der Waals surface area contributed by atoms with Crippen LogP contribution in [0.3, 0.4) is 0 Å². The van der Waals surface area contributed by atoms with Gasteiger partial charge in [0.1, 0.15) is 0 Å². The molecule has 0 bridgehead atoms. The van der Waals surface area contributed by atoms with Crippen molar-refractivity contribution in [1.82, 2.24) is 0 Å². The monoisotopic (exact) mass is 452 g/mol. The number of esters is 2. The Hall–Kier alpha value is -1.55. The van der Waals surface area contributed by atoms with Crippen LogP contribution < -0.4 is 0 Å². The van der Waals surface area contributed by atoms with Gasteiger partial charge in [-0.2, -0.15) is 0 Å². The summed E-state index contributed by atoms with van der Waals surface area (Å²) in [6, 6.07) is 4.62. The van der Waals surface area contributed by atoms with Crippen LogP contribution in [0.1, 0.15) is 124 Å². The fourth-order valence-corrected chi connectivity index (χ4v) is 3.64. The quantitative estimate of drug-likeness (QED) is 0.166. The lowest BCUT2D eigenvalue weighted by molar-refractivity contribution is 0.0450. The van der Waals surface area contributed by atoms with Gasteiger partial charge >= 0.3 is 11.9 Å². The third kappa shape index (κ3) is 12.8. The molecule has 176 valence electrons. The van der Waals surface area contributed by atoms with Crippen LogP contribution in [0, 0.1) is 0 Å². The van der Waals surface area contributed by atoms with Crippen molar-refractivity contribution < 1.29 is 19.1 Å². The standard InChI is InChI=1S/C26H41ClO4/c1-3-5-7-9-11-13-15-19-30-25(28)23-18-17-22(27)21-24(23)26(29)31-20-16-14-12-10-8-6-4-2/h17-18,21H,3-16,19-20H2,1-2H3. The molecule has 0 unspecified atom stereocenters. The van der Waals surface area contributed by atoms with Crippen LogP contribution in [0.2, 0.25) is 5.02 Å². The van der Waals surface area contributed by atoms with Gasteiger partial charge in [-0.25, -0.2) is 9.59 Å². The molecule has 0 heterocycles. The van der Waals surface area contributed by atoms with E-state index in [0.29, 0.717) is 18.2 Å². The molecule has 0 aliphatic rings. The van der Waals surface area contributed by atoms with Crippen molar-refractivity contribution in [2.75, 3.05) is 13.2 Å². The number of rotatable bonds is 18. The number of ether oxygens (including phenoxy) is 2. The highest BCUT2D eigenvalue weighted by molar-refractivity contribution is 6.31. The topological polar surface area (TPSA) is 52.6 Å². The third-order valence-corrected chi connectivity index (χ3v) is 5.62. The first-order valence-electron chi connectivity index (χ1n) is 12.2. The predicted molar refractivity (Wildman–Crippen MR) is 128 cm³/mol. The zero-order valence-electron chi connectivity index (χ0n) is 19.6. The molecular formula is C26H41ClO4. The summed E-state index contributed by atoms with van der Waals surface area (Å²) in [5.41, 5.74) is 0.400. The maximum Gasteiger partial charge on any atom is 0.339 e. The Morgan fingerprint density at radius 3 is 1.55 bits per heavy atom. The van der Waals surface area contributed by atoms with Gasteiger partial charge in [0.15, 0.2) is 0 Å². The fraction of sp³-hybridized carbons (Fsp3) is 0.692. The molecule has 0 aliphatic carbocycles.